The fraction of sp³-hybridized carbons (Fsp3) is 0.375. The van der Waals surface area contributed by atoms with E-state index in [1.807, 2.05) is 48.4 Å². The fourth-order valence-electron chi connectivity index (χ4n) is 2.83. The first-order chi connectivity index (χ1) is 10.1. The molecular formula is C16H19FN4. The first kappa shape index (κ1) is 13.8. The number of allylic oxidation sites excluding steroid dienone is 3. The minimum absolute atomic E-state index is 0.336. The van der Waals surface area contributed by atoms with Gasteiger partial charge in [0.25, 0.3) is 0 Å². The van der Waals surface area contributed by atoms with Crippen LogP contribution in [0.15, 0.2) is 42.1 Å². The van der Waals surface area contributed by atoms with Crippen LogP contribution in [0.4, 0.5) is 4.39 Å². The molecule has 0 spiro atoms. The number of hydrogen-bond acceptors (Lipinski definition) is 3. The second-order valence-electron chi connectivity index (χ2n) is 5.61. The van der Waals surface area contributed by atoms with Crippen molar-refractivity contribution in [3.63, 3.8) is 0 Å². The van der Waals surface area contributed by atoms with Crippen molar-refractivity contribution >= 4 is 16.7 Å². The lowest BCUT2D eigenvalue weighted by Crippen LogP contribution is -2.39. The van der Waals surface area contributed by atoms with E-state index in [-0.39, 0.29) is 6.04 Å². The largest absolute Gasteiger partial charge is 0.366 e. The Morgan fingerprint density at radius 1 is 1.24 bits per heavy atom. The Balaban J connectivity index is 2.12. The van der Waals surface area contributed by atoms with Crippen molar-refractivity contribution in [1.82, 2.24) is 19.9 Å². The maximum atomic E-state index is 13.6. The van der Waals surface area contributed by atoms with Crippen molar-refractivity contribution in [3.8, 4) is 0 Å². The van der Waals surface area contributed by atoms with Crippen molar-refractivity contribution in [2.24, 2.45) is 5.92 Å². The first-order valence-corrected chi connectivity index (χ1v) is 7.15. The van der Waals surface area contributed by atoms with Crippen LogP contribution in [-0.2, 0) is 0 Å². The third-order valence-corrected chi connectivity index (χ3v) is 3.98. The monoisotopic (exact) mass is 286 g/mol. The summed E-state index contributed by atoms with van der Waals surface area (Å²) >= 11 is 0. The molecule has 0 fully saturated rings. The zero-order valence-corrected chi connectivity index (χ0v) is 12.5. The normalized spacial score (nSPS) is 19.1. The standard InChI is InChI=1S/C16H19FN4/c1-11(2)13-8-9-15(16(10-17)20(13)3)21-14-7-5-4-6-12(14)18-19-21/h4-9,11,16H,10H2,1-3H3. The number of rotatable bonds is 3. The lowest BCUT2D eigenvalue weighted by Gasteiger charge is -2.36. The number of nitrogens with zero attached hydrogens (tertiary/aromatic N) is 4. The molecular weight excluding hydrogens is 267 g/mol. The number of fused-ring (bicyclic) bond motifs is 1. The highest BCUT2D eigenvalue weighted by Crippen LogP contribution is 2.29. The van der Waals surface area contributed by atoms with E-state index in [9.17, 15) is 4.39 Å². The topological polar surface area (TPSA) is 34.0 Å². The molecule has 0 amide bonds. The third-order valence-electron chi connectivity index (χ3n) is 3.98. The smallest absolute Gasteiger partial charge is 0.115 e. The summed E-state index contributed by atoms with van der Waals surface area (Å²) in [4.78, 5) is 2.00. The van der Waals surface area contributed by atoms with Gasteiger partial charge in [-0.05, 0) is 30.2 Å². The van der Waals surface area contributed by atoms with E-state index in [1.54, 1.807) is 4.68 Å². The van der Waals surface area contributed by atoms with Gasteiger partial charge in [0, 0.05) is 12.7 Å². The number of para-hydroxylation sites is 1. The summed E-state index contributed by atoms with van der Waals surface area (Å²) in [6, 6.07) is 7.39. The molecule has 1 atom stereocenters. The van der Waals surface area contributed by atoms with E-state index in [0.717, 1.165) is 22.4 Å². The summed E-state index contributed by atoms with van der Waals surface area (Å²) in [7, 11) is 1.93. The van der Waals surface area contributed by atoms with Crippen LogP contribution >= 0.6 is 0 Å². The Hall–Kier alpha value is -2.17. The number of likely N-dealkylation sites (N-methyl/N-ethyl adjacent to an activating group) is 1. The van der Waals surface area contributed by atoms with Gasteiger partial charge in [-0.3, -0.25) is 0 Å². The van der Waals surface area contributed by atoms with Gasteiger partial charge >= 0.3 is 0 Å². The van der Waals surface area contributed by atoms with Crippen LogP contribution < -0.4 is 0 Å². The predicted molar refractivity (Wildman–Crippen MR) is 82.2 cm³/mol. The highest BCUT2D eigenvalue weighted by atomic mass is 19.1. The quantitative estimate of drug-likeness (QED) is 0.869. The van der Waals surface area contributed by atoms with Gasteiger partial charge in [-0.2, -0.15) is 0 Å². The highest BCUT2D eigenvalue weighted by molar-refractivity contribution is 5.78. The van der Waals surface area contributed by atoms with Gasteiger partial charge in [-0.25, -0.2) is 9.07 Å². The average Bonchev–Trinajstić information content (AvgIpc) is 2.90. The molecule has 1 unspecified atom stereocenters. The van der Waals surface area contributed by atoms with Gasteiger partial charge in [0.05, 0.1) is 17.3 Å². The van der Waals surface area contributed by atoms with Gasteiger partial charge < -0.3 is 4.90 Å². The summed E-state index contributed by atoms with van der Waals surface area (Å²) in [5.41, 5.74) is 3.67. The molecule has 1 aliphatic heterocycles. The van der Waals surface area contributed by atoms with Crippen LogP contribution in [0.2, 0.25) is 0 Å². The summed E-state index contributed by atoms with van der Waals surface area (Å²) in [6.45, 7) is 3.77. The van der Waals surface area contributed by atoms with Gasteiger partial charge in [0.1, 0.15) is 12.2 Å². The minimum Gasteiger partial charge on any atom is -0.366 e. The molecule has 0 aliphatic carbocycles. The molecule has 3 rings (SSSR count). The van der Waals surface area contributed by atoms with Gasteiger partial charge in [0.2, 0.25) is 0 Å². The van der Waals surface area contributed by atoms with Crippen LogP contribution in [0.3, 0.4) is 0 Å². The van der Waals surface area contributed by atoms with E-state index in [1.165, 1.54) is 0 Å². The molecule has 2 aromatic rings. The summed E-state index contributed by atoms with van der Waals surface area (Å²) in [5.74, 6) is 0.356. The number of halogens is 1. The number of hydrogen-bond donors (Lipinski definition) is 0. The van der Waals surface area contributed by atoms with Crippen molar-refractivity contribution in [1.29, 1.82) is 0 Å². The van der Waals surface area contributed by atoms with E-state index in [2.05, 4.69) is 24.2 Å². The molecule has 0 saturated carbocycles. The minimum atomic E-state index is -0.458. The Bertz CT molecular complexity index is 714. The Morgan fingerprint density at radius 2 is 2.00 bits per heavy atom. The van der Waals surface area contributed by atoms with Crippen molar-refractivity contribution in [2.45, 2.75) is 19.9 Å². The second-order valence-corrected chi connectivity index (χ2v) is 5.61. The maximum Gasteiger partial charge on any atom is 0.115 e. The van der Waals surface area contributed by atoms with Crippen molar-refractivity contribution < 1.29 is 4.39 Å². The lowest BCUT2D eigenvalue weighted by atomic mass is 10.0. The van der Waals surface area contributed by atoms with E-state index >= 15 is 0 Å². The summed E-state index contributed by atoms with van der Waals surface area (Å²) < 4.78 is 15.4. The second kappa shape index (κ2) is 5.31. The molecule has 0 radical (unpaired) electrons. The first-order valence-electron chi connectivity index (χ1n) is 7.15. The SMILES string of the molecule is CC(C)C1=CC=C(n2nnc3ccccc32)C(CF)N1C. The summed E-state index contributed by atoms with van der Waals surface area (Å²) in [5, 5.41) is 8.35. The Morgan fingerprint density at radius 3 is 2.71 bits per heavy atom. The van der Waals surface area contributed by atoms with Gasteiger partial charge in [-0.15, -0.1) is 5.10 Å². The molecule has 1 aromatic heterocycles. The van der Waals surface area contributed by atoms with Crippen LogP contribution in [0.5, 0.6) is 0 Å². The van der Waals surface area contributed by atoms with Gasteiger partial charge in [0.15, 0.2) is 0 Å². The lowest BCUT2D eigenvalue weighted by molar-refractivity contribution is 0.266. The third kappa shape index (κ3) is 2.22. The van der Waals surface area contributed by atoms with Crippen LogP contribution in [0.25, 0.3) is 16.7 Å². The molecule has 0 bridgehead atoms. The van der Waals surface area contributed by atoms with Crippen LogP contribution in [-0.4, -0.2) is 39.7 Å². The van der Waals surface area contributed by atoms with Crippen molar-refractivity contribution in [3.05, 3.63) is 42.1 Å². The van der Waals surface area contributed by atoms with Crippen molar-refractivity contribution in [2.75, 3.05) is 13.7 Å². The fourth-order valence-corrected chi connectivity index (χ4v) is 2.83. The number of aromatic nitrogens is 3. The summed E-state index contributed by atoms with van der Waals surface area (Å²) in [6.07, 6.45) is 4.00. The zero-order valence-electron chi connectivity index (χ0n) is 12.5. The molecule has 4 nitrogen and oxygen atoms in total. The van der Waals surface area contributed by atoms with Gasteiger partial charge in [-0.1, -0.05) is 31.2 Å². The van der Waals surface area contributed by atoms with Crippen LogP contribution in [0, 0.1) is 5.92 Å². The molecule has 0 N–H and O–H groups in total. The number of alkyl halides is 1. The maximum absolute atomic E-state index is 13.6. The Labute approximate surface area is 123 Å². The van der Waals surface area contributed by atoms with E-state index in [0.29, 0.717) is 5.92 Å². The molecule has 21 heavy (non-hydrogen) atoms. The molecule has 0 saturated heterocycles. The molecule has 1 aromatic carbocycles. The average molecular weight is 286 g/mol. The molecule has 1 aliphatic rings. The molecule has 2 heterocycles. The Kier molecular flexibility index (Phi) is 3.49. The van der Waals surface area contributed by atoms with Crippen LogP contribution in [0.1, 0.15) is 13.8 Å². The predicted octanol–water partition coefficient (Wildman–Crippen LogP) is 3.10. The zero-order chi connectivity index (χ0) is 15.0. The molecule has 5 heteroatoms. The highest BCUT2D eigenvalue weighted by Gasteiger charge is 2.28. The van der Waals surface area contributed by atoms with E-state index < -0.39 is 6.67 Å². The molecule has 110 valence electrons. The van der Waals surface area contributed by atoms with E-state index in [4.69, 9.17) is 0 Å². The number of benzene rings is 1.